The van der Waals surface area contributed by atoms with Crippen LogP contribution in [0.25, 0.3) is 0 Å². The Bertz CT molecular complexity index is 929. The van der Waals surface area contributed by atoms with E-state index in [0.29, 0.717) is 22.9 Å². The predicted octanol–water partition coefficient (Wildman–Crippen LogP) is 1.76. The van der Waals surface area contributed by atoms with E-state index in [9.17, 15) is 18.0 Å². The Kier molecular flexibility index (Phi) is 5.43. The Balaban J connectivity index is 1.81. The van der Waals surface area contributed by atoms with E-state index in [2.05, 4.69) is 10.4 Å². The molecule has 1 N–H and O–H groups in total. The minimum absolute atomic E-state index is 0.0275. The van der Waals surface area contributed by atoms with Gasteiger partial charge >= 0.3 is 0 Å². The molecule has 1 aromatic carbocycles. The van der Waals surface area contributed by atoms with Crippen molar-refractivity contribution >= 4 is 44.7 Å². The van der Waals surface area contributed by atoms with Crippen LogP contribution in [0.5, 0.6) is 5.75 Å². The van der Waals surface area contributed by atoms with Gasteiger partial charge in [-0.15, -0.1) is 0 Å². The largest absolute Gasteiger partial charge is 0.495 e. The summed E-state index contributed by atoms with van der Waals surface area (Å²) in [6, 6.07) is 2.78. The number of sulfone groups is 1. The van der Waals surface area contributed by atoms with Gasteiger partial charge in [-0.2, -0.15) is 5.10 Å². The molecule has 27 heavy (non-hydrogen) atoms. The first-order chi connectivity index (χ1) is 12.7. The highest BCUT2D eigenvalue weighted by molar-refractivity contribution is 7.91. The Morgan fingerprint density at radius 1 is 1.37 bits per heavy atom. The second-order valence-electron chi connectivity index (χ2n) is 6.60. The summed E-state index contributed by atoms with van der Waals surface area (Å²) >= 11 is 6.07. The van der Waals surface area contributed by atoms with Gasteiger partial charge in [0.2, 0.25) is 5.91 Å². The molecule has 1 aromatic rings. The Labute approximate surface area is 162 Å². The van der Waals surface area contributed by atoms with Gasteiger partial charge in [0.25, 0.3) is 5.91 Å². The van der Waals surface area contributed by atoms with Gasteiger partial charge in [-0.25, -0.2) is 13.4 Å². The van der Waals surface area contributed by atoms with E-state index in [1.54, 1.807) is 19.1 Å². The highest BCUT2D eigenvalue weighted by atomic mass is 35.5. The Morgan fingerprint density at radius 3 is 2.74 bits per heavy atom. The van der Waals surface area contributed by atoms with Crippen molar-refractivity contribution in [3.63, 3.8) is 0 Å². The quantitative estimate of drug-likeness (QED) is 0.809. The van der Waals surface area contributed by atoms with Crippen LogP contribution >= 0.6 is 11.6 Å². The van der Waals surface area contributed by atoms with Crippen LogP contribution in [0.3, 0.4) is 0 Å². The lowest BCUT2D eigenvalue weighted by atomic mass is 10.1. The summed E-state index contributed by atoms with van der Waals surface area (Å²) in [4.78, 5) is 24.8. The molecule has 2 amide bonds. The molecule has 0 spiro atoms. The van der Waals surface area contributed by atoms with Crippen molar-refractivity contribution in [2.75, 3.05) is 23.9 Å². The minimum atomic E-state index is -3.17. The number of ether oxygens (including phenoxy) is 1. The molecular weight excluding hydrogens is 394 g/mol. The normalized spacial score (nSPS) is 21.7. The number of amides is 2. The molecule has 1 fully saturated rings. The molecule has 1 atom stereocenters. The number of hydrazone groups is 1. The van der Waals surface area contributed by atoms with Crippen LogP contribution < -0.4 is 10.1 Å². The first-order valence-corrected chi connectivity index (χ1v) is 10.7. The summed E-state index contributed by atoms with van der Waals surface area (Å²) in [5, 5.41) is 8.56. The minimum Gasteiger partial charge on any atom is -0.495 e. The standard InChI is InChI=1S/C17H20ClN3O5S/c1-10-7-14(15(26-2)8-12(10)18)19-17(23)13-3-4-16(22)21(20-13)11-5-6-27(24,25)9-11/h7-8,11H,3-6,9H2,1-2H3,(H,19,23)/t11-/m0/s1. The van der Waals surface area contributed by atoms with Gasteiger partial charge in [0.15, 0.2) is 9.84 Å². The van der Waals surface area contributed by atoms with Gasteiger partial charge in [-0.3, -0.25) is 9.59 Å². The van der Waals surface area contributed by atoms with Gasteiger partial charge in [0, 0.05) is 23.9 Å². The van der Waals surface area contributed by atoms with Crippen molar-refractivity contribution in [2.45, 2.75) is 32.2 Å². The van der Waals surface area contributed by atoms with E-state index in [-0.39, 0.29) is 36.0 Å². The number of halogens is 1. The molecule has 10 heteroatoms. The summed E-state index contributed by atoms with van der Waals surface area (Å²) < 4.78 is 28.6. The molecule has 0 unspecified atom stereocenters. The molecule has 146 valence electrons. The van der Waals surface area contributed by atoms with Gasteiger partial charge < -0.3 is 10.1 Å². The summed E-state index contributed by atoms with van der Waals surface area (Å²) in [6.07, 6.45) is 0.631. The third-order valence-corrected chi connectivity index (χ3v) is 6.76. The van der Waals surface area contributed by atoms with Crippen LogP contribution in [0, 0.1) is 6.92 Å². The fourth-order valence-corrected chi connectivity index (χ4v) is 4.96. The van der Waals surface area contributed by atoms with Crippen molar-refractivity contribution in [1.82, 2.24) is 5.01 Å². The molecule has 2 aliphatic rings. The molecule has 0 saturated carbocycles. The Morgan fingerprint density at radius 2 is 2.11 bits per heavy atom. The second kappa shape index (κ2) is 7.47. The molecule has 0 aliphatic carbocycles. The number of methoxy groups -OCH3 is 1. The average Bonchev–Trinajstić information content (AvgIpc) is 2.97. The van der Waals surface area contributed by atoms with Crippen LogP contribution in [-0.4, -0.2) is 55.6 Å². The van der Waals surface area contributed by atoms with Crippen molar-refractivity contribution in [3.05, 3.63) is 22.7 Å². The number of hydrogen-bond acceptors (Lipinski definition) is 6. The van der Waals surface area contributed by atoms with Crippen molar-refractivity contribution in [1.29, 1.82) is 0 Å². The number of nitrogens with zero attached hydrogens (tertiary/aromatic N) is 2. The lowest BCUT2D eigenvalue weighted by molar-refractivity contribution is -0.133. The van der Waals surface area contributed by atoms with Crippen molar-refractivity contribution < 1.29 is 22.7 Å². The maximum atomic E-state index is 12.6. The smallest absolute Gasteiger partial charge is 0.271 e. The molecule has 1 saturated heterocycles. The topological polar surface area (TPSA) is 105 Å². The zero-order chi connectivity index (χ0) is 19.8. The number of carbonyl (C=O) groups excluding carboxylic acids is 2. The van der Waals surface area contributed by atoms with E-state index in [1.165, 1.54) is 7.11 Å². The monoisotopic (exact) mass is 413 g/mol. The summed E-state index contributed by atoms with van der Waals surface area (Å²) in [5.74, 6) is -0.423. The number of carbonyl (C=O) groups is 2. The molecule has 8 nitrogen and oxygen atoms in total. The summed E-state index contributed by atoms with van der Waals surface area (Å²) in [5.41, 5.74) is 1.39. The fourth-order valence-electron chi connectivity index (χ4n) is 3.11. The maximum Gasteiger partial charge on any atom is 0.271 e. The first kappa shape index (κ1) is 19.6. The van der Waals surface area contributed by atoms with Gasteiger partial charge in [-0.05, 0) is 25.0 Å². The van der Waals surface area contributed by atoms with Crippen LogP contribution in [0.1, 0.15) is 24.8 Å². The second-order valence-corrected chi connectivity index (χ2v) is 9.23. The predicted molar refractivity (Wildman–Crippen MR) is 102 cm³/mol. The molecular formula is C17H20ClN3O5S. The van der Waals surface area contributed by atoms with Crippen LogP contribution in [0.15, 0.2) is 17.2 Å². The highest BCUT2D eigenvalue weighted by Crippen LogP contribution is 2.31. The van der Waals surface area contributed by atoms with E-state index in [1.807, 2.05) is 0 Å². The van der Waals surface area contributed by atoms with E-state index < -0.39 is 21.8 Å². The SMILES string of the molecule is COc1cc(Cl)c(C)cc1NC(=O)C1=NN([C@H]2CCS(=O)(=O)C2)C(=O)CC1. The molecule has 0 radical (unpaired) electrons. The number of anilines is 1. The van der Waals surface area contributed by atoms with Crippen molar-refractivity contribution in [2.24, 2.45) is 5.10 Å². The molecule has 2 aliphatic heterocycles. The number of aryl methyl sites for hydroxylation is 1. The first-order valence-electron chi connectivity index (χ1n) is 8.45. The van der Waals surface area contributed by atoms with Crippen molar-refractivity contribution in [3.8, 4) is 5.75 Å². The molecule has 3 rings (SSSR count). The zero-order valence-corrected chi connectivity index (χ0v) is 16.6. The number of benzene rings is 1. The molecule has 0 aromatic heterocycles. The average molecular weight is 414 g/mol. The zero-order valence-electron chi connectivity index (χ0n) is 15.0. The third kappa shape index (κ3) is 4.24. The third-order valence-electron chi connectivity index (χ3n) is 4.60. The fraction of sp³-hybridized carbons (Fsp3) is 0.471. The summed E-state index contributed by atoms with van der Waals surface area (Å²) in [7, 11) is -1.70. The van der Waals surface area contributed by atoms with E-state index >= 15 is 0 Å². The lowest BCUT2D eigenvalue weighted by Gasteiger charge is -2.27. The summed E-state index contributed by atoms with van der Waals surface area (Å²) in [6.45, 7) is 1.80. The Hall–Kier alpha value is -2.13. The van der Waals surface area contributed by atoms with Gasteiger partial charge in [0.05, 0.1) is 30.3 Å². The van der Waals surface area contributed by atoms with Crippen LogP contribution in [-0.2, 0) is 19.4 Å². The van der Waals surface area contributed by atoms with Crippen LogP contribution in [0.2, 0.25) is 5.02 Å². The van der Waals surface area contributed by atoms with E-state index in [4.69, 9.17) is 16.3 Å². The number of nitrogens with one attached hydrogen (secondary N) is 1. The van der Waals surface area contributed by atoms with Crippen LogP contribution in [0.4, 0.5) is 5.69 Å². The van der Waals surface area contributed by atoms with Gasteiger partial charge in [-0.1, -0.05) is 11.6 Å². The maximum absolute atomic E-state index is 12.6. The van der Waals surface area contributed by atoms with Gasteiger partial charge in [0.1, 0.15) is 11.5 Å². The molecule has 2 heterocycles. The number of hydrogen-bond donors (Lipinski definition) is 1. The number of rotatable bonds is 4. The van der Waals surface area contributed by atoms with E-state index in [0.717, 1.165) is 10.6 Å². The highest BCUT2D eigenvalue weighted by Gasteiger charge is 2.37. The molecule has 0 bridgehead atoms. The lowest BCUT2D eigenvalue weighted by Crippen LogP contribution is -2.42.